The number of aliphatic hydroxyl groups excluding tert-OH is 1. The van der Waals surface area contributed by atoms with E-state index < -0.39 is 0 Å². The lowest BCUT2D eigenvalue weighted by molar-refractivity contribution is 0.282. The number of oxazole rings is 1. The van der Waals surface area contributed by atoms with Gasteiger partial charge in [-0.15, -0.1) is 0 Å². The van der Waals surface area contributed by atoms with Crippen molar-refractivity contribution in [1.29, 1.82) is 0 Å². The summed E-state index contributed by atoms with van der Waals surface area (Å²) in [5, 5.41) is 9.11. The number of fused-ring (bicyclic) bond motifs is 1. The molecule has 0 radical (unpaired) electrons. The molecule has 21 heavy (non-hydrogen) atoms. The van der Waals surface area contributed by atoms with Crippen LogP contribution in [-0.4, -0.2) is 9.67 Å². The molecule has 0 aliphatic rings. The molecule has 0 bridgehead atoms. The predicted molar refractivity (Wildman–Crippen MR) is 81.2 cm³/mol. The van der Waals surface area contributed by atoms with Crippen molar-refractivity contribution in [3.8, 4) is 0 Å². The molecule has 0 unspecified atom stereocenters. The zero-order valence-electron chi connectivity index (χ0n) is 11.7. The van der Waals surface area contributed by atoms with E-state index in [2.05, 4.69) is 12.1 Å². The molecule has 0 spiro atoms. The Bertz CT molecular complexity index is 787. The van der Waals surface area contributed by atoms with E-state index in [-0.39, 0.29) is 12.4 Å². The van der Waals surface area contributed by atoms with Gasteiger partial charge in [-0.2, -0.15) is 0 Å². The first-order valence-corrected chi connectivity index (χ1v) is 7.05. The number of rotatable bonds is 5. The molecule has 1 aromatic heterocycles. The first-order valence-electron chi connectivity index (χ1n) is 7.05. The standard InChI is InChI=1S/C17H17NO3/c19-12-14-8-9-15-16(11-14)21-17(20)18(15)10-4-7-13-5-2-1-3-6-13/h1-3,5-6,8-9,11,19H,4,7,10,12H2. The number of nitrogens with zero attached hydrogens (tertiary/aromatic N) is 1. The highest BCUT2D eigenvalue weighted by Crippen LogP contribution is 2.16. The summed E-state index contributed by atoms with van der Waals surface area (Å²) < 4.78 is 6.89. The van der Waals surface area contributed by atoms with Crippen LogP contribution < -0.4 is 5.76 Å². The number of aliphatic hydroxyl groups is 1. The van der Waals surface area contributed by atoms with E-state index in [0.717, 1.165) is 23.9 Å². The maximum atomic E-state index is 11.9. The van der Waals surface area contributed by atoms with E-state index in [1.165, 1.54) is 5.56 Å². The van der Waals surface area contributed by atoms with E-state index in [1.807, 2.05) is 30.3 Å². The molecule has 0 aliphatic carbocycles. The fraction of sp³-hybridized carbons (Fsp3) is 0.235. The van der Waals surface area contributed by atoms with Crippen LogP contribution in [0.5, 0.6) is 0 Å². The number of aromatic nitrogens is 1. The Hall–Kier alpha value is -2.33. The van der Waals surface area contributed by atoms with Gasteiger partial charge in [-0.25, -0.2) is 4.79 Å². The number of benzene rings is 2. The molecule has 0 atom stereocenters. The third kappa shape index (κ3) is 2.90. The second-order valence-corrected chi connectivity index (χ2v) is 5.07. The second kappa shape index (κ2) is 5.97. The molecule has 0 amide bonds. The topological polar surface area (TPSA) is 55.4 Å². The summed E-state index contributed by atoms with van der Waals surface area (Å²) in [6.45, 7) is 0.567. The maximum Gasteiger partial charge on any atom is 0.419 e. The minimum Gasteiger partial charge on any atom is -0.408 e. The van der Waals surface area contributed by atoms with Crippen LogP contribution in [0.2, 0.25) is 0 Å². The summed E-state index contributed by atoms with van der Waals surface area (Å²) in [5.41, 5.74) is 3.32. The van der Waals surface area contributed by atoms with Crippen molar-refractivity contribution >= 4 is 11.1 Å². The molecule has 1 heterocycles. The van der Waals surface area contributed by atoms with E-state index >= 15 is 0 Å². The highest BCUT2D eigenvalue weighted by Gasteiger charge is 2.09. The summed E-state index contributed by atoms with van der Waals surface area (Å²) in [5.74, 6) is -0.340. The summed E-state index contributed by atoms with van der Waals surface area (Å²) in [7, 11) is 0. The molecule has 3 aromatic rings. The van der Waals surface area contributed by atoms with Crippen LogP contribution in [0.15, 0.2) is 57.7 Å². The zero-order valence-corrected chi connectivity index (χ0v) is 11.7. The van der Waals surface area contributed by atoms with Crippen molar-refractivity contribution < 1.29 is 9.52 Å². The number of hydrogen-bond acceptors (Lipinski definition) is 3. The van der Waals surface area contributed by atoms with Gasteiger partial charge in [0.1, 0.15) is 0 Å². The van der Waals surface area contributed by atoms with Gasteiger partial charge in [0.05, 0.1) is 12.1 Å². The van der Waals surface area contributed by atoms with Gasteiger partial charge in [0, 0.05) is 6.54 Å². The van der Waals surface area contributed by atoms with Crippen molar-refractivity contribution in [2.75, 3.05) is 0 Å². The lowest BCUT2D eigenvalue weighted by Crippen LogP contribution is -2.14. The van der Waals surface area contributed by atoms with Crippen molar-refractivity contribution in [2.45, 2.75) is 26.0 Å². The van der Waals surface area contributed by atoms with E-state index in [1.54, 1.807) is 10.6 Å². The first-order chi connectivity index (χ1) is 10.3. The lowest BCUT2D eigenvalue weighted by Gasteiger charge is -2.03. The zero-order chi connectivity index (χ0) is 14.7. The third-order valence-electron chi connectivity index (χ3n) is 3.61. The van der Waals surface area contributed by atoms with E-state index in [0.29, 0.717) is 12.1 Å². The highest BCUT2D eigenvalue weighted by molar-refractivity contribution is 5.73. The summed E-state index contributed by atoms with van der Waals surface area (Å²) in [6, 6.07) is 15.6. The van der Waals surface area contributed by atoms with Gasteiger partial charge in [0.2, 0.25) is 0 Å². The summed E-state index contributed by atoms with van der Waals surface area (Å²) in [4.78, 5) is 11.9. The van der Waals surface area contributed by atoms with E-state index in [9.17, 15) is 4.79 Å². The fourth-order valence-corrected chi connectivity index (χ4v) is 2.51. The quantitative estimate of drug-likeness (QED) is 0.783. The largest absolute Gasteiger partial charge is 0.419 e. The van der Waals surface area contributed by atoms with Gasteiger partial charge in [-0.1, -0.05) is 36.4 Å². The van der Waals surface area contributed by atoms with Gasteiger partial charge in [0.15, 0.2) is 5.58 Å². The molecule has 4 nitrogen and oxygen atoms in total. The average Bonchev–Trinajstić information content (AvgIpc) is 2.83. The molecule has 0 aliphatic heterocycles. The number of hydrogen-bond donors (Lipinski definition) is 1. The lowest BCUT2D eigenvalue weighted by atomic mass is 10.1. The number of aryl methyl sites for hydroxylation is 2. The SMILES string of the molecule is O=c1oc2cc(CO)ccc2n1CCCc1ccccc1. The van der Waals surface area contributed by atoms with Crippen molar-refractivity contribution in [3.05, 3.63) is 70.2 Å². The summed E-state index contributed by atoms with van der Waals surface area (Å²) >= 11 is 0. The van der Waals surface area contributed by atoms with E-state index in [4.69, 9.17) is 9.52 Å². The fourth-order valence-electron chi connectivity index (χ4n) is 2.51. The van der Waals surface area contributed by atoms with Crippen molar-refractivity contribution in [1.82, 2.24) is 4.57 Å². The molecular weight excluding hydrogens is 266 g/mol. The molecule has 1 N–H and O–H groups in total. The monoisotopic (exact) mass is 283 g/mol. The van der Waals surface area contributed by atoms with Crippen LogP contribution in [0.3, 0.4) is 0 Å². The van der Waals surface area contributed by atoms with Gasteiger partial charge in [-0.05, 0) is 36.1 Å². The minimum absolute atomic E-state index is 0.0567. The predicted octanol–water partition coefficient (Wildman–Crippen LogP) is 2.72. The van der Waals surface area contributed by atoms with Gasteiger partial charge in [0.25, 0.3) is 0 Å². The van der Waals surface area contributed by atoms with Crippen LogP contribution in [0.4, 0.5) is 0 Å². The minimum atomic E-state index is -0.340. The molecular formula is C17H17NO3. The van der Waals surface area contributed by atoms with Crippen molar-refractivity contribution in [3.63, 3.8) is 0 Å². The van der Waals surface area contributed by atoms with Crippen LogP contribution in [0.25, 0.3) is 11.1 Å². The molecule has 0 saturated heterocycles. The Kier molecular flexibility index (Phi) is 3.88. The smallest absolute Gasteiger partial charge is 0.408 e. The van der Waals surface area contributed by atoms with Crippen LogP contribution in [0, 0.1) is 0 Å². The Morgan fingerprint density at radius 2 is 1.86 bits per heavy atom. The maximum absolute atomic E-state index is 11.9. The second-order valence-electron chi connectivity index (χ2n) is 5.07. The Morgan fingerprint density at radius 3 is 2.62 bits per heavy atom. The van der Waals surface area contributed by atoms with Crippen LogP contribution in [-0.2, 0) is 19.6 Å². The third-order valence-corrected chi connectivity index (χ3v) is 3.61. The molecule has 4 heteroatoms. The van der Waals surface area contributed by atoms with Gasteiger partial charge >= 0.3 is 5.76 Å². The van der Waals surface area contributed by atoms with Gasteiger partial charge in [-0.3, -0.25) is 4.57 Å². The highest BCUT2D eigenvalue weighted by atomic mass is 16.4. The average molecular weight is 283 g/mol. The molecule has 0 saturated carbocycles. The van der Waals surface area contributed by atoms with Crippen LogP contribution >= 0.6 is 0 Å². The van der Waals surface area contributed by atoms with Gasteiger partial charge < -0.3 is 9.52 Å². The van der Waals surface area contributed by atoms with Crippen molar-refractivity contribution in [2.24, 2.45) is 0 Å². The molecule has 2 aromatic carbocycles. The first kappa shape index (κ1) is 13.6. The Balaban J connectivity index is 1.77. The summed E-state index contributed by atoms with van der Waals surface area (Å²) in [6.07, 6.45) is 1.80. The molecule has 0 fully saturated rings. The Labute approximate surface area is 122 Å². The molecule has 3 rings (SSSR count). The normalized spacial score (nSPS) is 11.1. The van der Waals surface area contributed by atoms with Crippen LogP contribution in [0.1, 0.15) is 17.5 Å². The Morgan fingerprint density at radius 1 is 1.05 bits per heavy atom. The molecule has 108 valence electrons.